The number of aromatic nitrogens is 2. The van der Waals surface area contributed by atoms with E-state index in [1.54, 1.807) is 0 Å². The molecule has 0 spiro atoms. The van der Waals surface area contributed by atoms with Gasteiger partial charge in [0.05, 0.1) is 10.3 Å². The third kappa shape index (κ3) is 2.30. The van der Waals surface area contributed by atoms with Crippen LogP contribution in [0.2, 0.25) is 0 Å². The van der Waals surface area contributed by atoms with Gasteiger partial charge in [-0.05, 0) is 12.8 Å². The van der Waals surface area contributed by atoms with E-state index in [0.29, 0.717) is 12.8 Å². The van der Waals surface area contributed by atoms with E-state index in [1.165, 1.54) is 0 Å². The van der Waals surface area contributed by atoms with Crippen molar-refractivity contribution in [2.24, 2.45) is 5.41 Å². The van der Waals surface area contributed by atoms with Crippen molar-refractivity contribution < 1.29 is 14.8 Å². The number of carboxylic acids is 1. The number of nitrogens with one attached hydrogen (secondary N) is 1. The number of carbonyl (C=O) groups is 1. The monoisotopic (exact) mass is 238 g/mol. The number of aliphatic carboxylic acids is 1. The van der Waals surface area contributed by atoms with Gasteiger partial charge in [-0.3, -0.25) is 14.9 Å². The van der Waals surface area contributed by atoms with Crippen LogP contribution in [0, 0.1) is 15.5 Å². The van der Waals surface area contributed by atoms with Crippen molar-refractivity contribution in [3.05, 3.63) is 22.5 Å². The Morgan fingerprint density at radius 3 is 2.53 bits per heavy atom. The largest absolute Gasteiger partial charge is 0.481 e. The molecule has 1 fully saturated rings. The van der Waals surface area contributed by atoms with E-state index in [0.717, 1.165) is 12.4 Å². The molecule has 0 aliphatic heterocycles. The van der Waals surface area contributed by atoms with Crippen LogP contribution in [-0.2, 0) is 4.79 Å². The zero-order valence-electron chi connectivity index (χ0n) is 8.79. The summed E-state index contributed by atoms with van der Waals surface area (Å²) < 4.78 is 0. The molecule has 0 atom stereocenters. The first-order chi connectivity index (χ1) is 8.03. The average Bonchev–Trinajstić information content (AvgIpc) is 3.08. The van der Waals surface area contributed by atoms with Crippen molar-refractivity contribution in [3.8, 4) is 0 Å². The Bertz CT molecular complexity index is 455. The maximum Gasteiger partial charge on any atom is 0.311 e. The molecule has 0 aromatic carbocycles. The molecular weight excluding hydrogens is 228 g/mol. The fourth-order valence-corrected chi connectivity index (χ4v) is 1.37. The topological polar surface area (TPSA) is 118 Å². The van der Waals surface area contributed by atoms with Crippen LogP contribution >= 0.6 is 0 Å². The van der Waals surface area contributed by atoms with Crippen LogP contribution < -0.4 is 5.32 Å². The minimum absolute atomic E-state index is 0.197. The highest BCUT2D eigenvalue weighted by Gasteiger charge is 2.50. The summed E-state index contributed by atoms with van der Waals surface area (Å²) in [5.41, 5.74) is -0.916. The molecule has 0 saturated heterocycles. The molecule has 17 heavy (non-hydrogen) atoms. The second-order valence-corrected chi connectivity index (χ2v) is 3.96. The van der Waals surface area contributed by atoms with Gasteiger partial charge in [0.25, 0.3) is 0 Å². The van der Waals surface area contributed by atoms with Gasteiger partial charge < -0.3 is 10.4 Å². The summed E-state index contributed by atoms with van der Waals surface area (Å²) in [5, 5.41) is 22.1. The SMILES string of the molecule is O=C(O)C1(CNc2ncc([N+](=O)[O-])cn2)CC1. The molecule has 1 aromatic rings. The highest BCUT2D eigenvalue weighted by molar-refractivity contribution is 5.78. The predicted molar refractivity (Wildman–Crippen MR) is 56.5 cm³/mol. The molecule has 2 rings (SSSR count). The summed E-state index contributed by atoms with van der Waals surface area (Å²) in [6, 6.07) is 0. The number of hydrogen-bond acceptors (Lipinski definition) is 6. The van der Waals surface area contributed by atoms with Crippen LogP contribution in [-0.4, -0.2) is 32.5 Å². The van der Waals surface area contributed by atoms with Crippen molar-refractivity contribution in [1.29, 1.82) is 0 Å². The Kier molecular flexibility index (Phi) is 2.62. The summed E-state index contributed by atoms with van der Waals surface area (Å²) >= 11 is 0. The average molecular weight is 238 g/mol. The smallest absolute Gasteiger partial charge is 0.311 e. The number of carboxylic acid groups (broad SMARTS) is 1. The molecule has 1 aromatic heterocycles. The van der Waals surface area contributed by atoms with E-state index in [-0.39, 0.29) is 18.2 Å². The first-order valence-corrected chi connectivity index (χ1v) is 4.97. The second kappa shape index (κ2) is 3.96. The molecule has 0 amide bonds. The van der Waals surface area contributed by atoms with Gasteiger partial charge >= 0.3 is 11.7 Å². The van der Waals surface area contributed by atoms with E-state index in [1.807, 2.05) is 0 Å². The van der Waals surface area contributed by atoms with Crippen molar-refractivity contribution in [2.45, 2.75) is 12.8 Å². The number of nitro groups is 1. The maximum absolute atomic E-state index is 10.9. The minimum atomic E-state index is -0.841. The van der Waals surface area contributed by atoms with E-state index in [9.17, 15) is 14.9 Å². The lowest BCUT2D eigenvalue weighted by Gasteiger charge is -2.10. The normalized spacial score (nSPS) is 16.2. The third-order valence-electron chi connectivity index (χ3n) is 2.74. The lowest BCUT2D eigenvalue weighted by atomic mass is 10.1. The first-order valence-electron chi connectivity index (χ1n) is 4.97. The lowest BCUT2D eigenvalue weighted by Crippen LogP contribution is -2.24. The van der Waals surface area contributed by atoms with Gasteiger partial charge in [-0.15, -0.1) is 0 Å². The van der Waals surface area contributed by atoms with Gasteiger partial charge in [-0.2, -0.15) is 0 Å². The van der Waals surface area contributed by atoms with Gasteiger partial charge in [0.1, 0.15) is 12.4 Å². The van der Waals surface area contributed by atoms with Gasteiger partial charge in [0.2, 0.25) is 5.95 Å². The minimum Gasteiger partial charge on any atom is -0.481 e. The summed E-state index contributed by atoms with van der Waals surface area (Å²) in [6.07, 6.45) is 3.41. The second-order valence-electron chi connectivity index (χ2n) is 3.96. The van der Waals surface area contributed by atoms with Crippen LogP contribution in [0.15, 0.2) is 12.4 Å². The molecule has 1 saturated carbocycles. The highest BCUT2D eigenvalue weighted by Crippen LogP contribution is 2.45. The van der Waals surface area contributed by atoms with Crippen LogP contribution in [0.4, 0.5) is 11.6 Å². The molecule has 2 N–H and O–H groups in total. The summed E-state index contributed by atoms with van der Waals surface area (Å²) in [7, 11) is 0. The zero-order valence-corrected chi connectivity index (χ0v) is 8.79. The predicted octanol–water partition coefficient (Wildman–Crippen LogP) is 0.661. The van der Waals surface area contributed by atoms with Crippen LogP contribution in [0.25, 0.3) is 0 Å². The summed E-state index contributed by atoms with van der Waals surface area (Å²) in [4.78, 5) is 28.1. The molecule has 1 aliphatic rings. The standard InChI is InChI=1S/C9H10N4O4/c14-7(15)9(1-2-9)5-12-8-10-3-6(4-11-8)13(16)17/h3-4H,1-2,5H2,(H,14,15)(H,10,11,12). The van der Waals surface area contributed by atoms with Crippen LogP contribution in [0.5, 0.6) is 0 Å². The Hall–Kier alpha value is -2.25. The molecule has 90 valence electrons. The van der Waals surface area contributed by atoms with E-state index in [2.05, 4.69) is 15.3 Å². The fourth-order valence-electron chi connectivity index (χ4n) is 1.37. The molecule has 1 aliphatic carbocycles. The number of hydrogen-bond donors (Lipinski definition) is 2. The summed E-state index contributed by atoms with van der Waals surface area (Å²) in [5.74, 6) is -0.643. The van der Waals surface area contributed by atoms with Crippen molar-refractivity contribution in [2.75, 3.05) is 11.9 Å². The van der Waals surface area contributed by atoms with Gasteiger partial charge in [0.15, 0.2) is 0 Å². The number of nitrogens with zero attached hydrogens (tertiary/aromatic N) is 3. The first kappa shape index (κ1) is 11.2. The lowest BCUT2D eigenvalue weighted by molar-refractivity contribution is -0.385. The Morgan fingerprint density at radius 1 is 1.53 bits per heavy atom. The van der Waals surface area contributed by atoms with Crippen molar-refractivity contribution >= 4 is 17.6 Å². The zero-order chi connectivity index (χ0) is 12.5. The van der Waals surface area contributed by atoms with Crippen LogP contribution in [0.1, 0.15) is 12.8 Å². The third-order valence-corrected chi connectivity index (χ3v) is 2.74. The van der Waals surface area contributed by atoms with Crippen molar-refractivity contribution in [1.82, 2.24) is 9.97 Å². The quantitative estimate of drug-likeness (QED) is 0.571. The Balaban J connectivity index is 1.96. The number of rotatable bonds is 5. The van der Waals surface area contributed by atoms with Crippen LogP contribution in [0.3, 0.4) is 0 Å². The molecule has 1 heterocycles. The Morgan fingerprint density at radius 2 is 2.12 bits per heavy atom. The number of anilines is 1. The molecule has 0 radical (unpaired) electrons. The van der Waals surface area contributed by atoms with Gasteiger partial charge in [-0.25, -0.2) is 9.97 Å². The maximum atomic E-state index is 10.9. The molecule has 0 bridgehead atoms. The molecule has 8 nitrogen and oxygen atoms in total. The van der Waals surface area contributed by atoms with Crippen molar-refractivity contribution in [3.63, 3.8) is 0 Å². The highest BCUT2D eigenvalue weighted by atomic mass is 16.6. The molecule has 8 heteroatoms. The van der Waals surface area contributed by atoms with Gasteiger partial charge in [0, 0.05) is 6.54 Å². The summed E-state index contributed by atoms with van der Waals surface area (Å²) in [6.45, 7) is 0.236. The molecular formula is C9H10N4O4. The van der Waals surface area contributed by atoms with E-state index < -0.39 is 16.3 Å². The van der Waals surface area contributed by atoms with E-state index >= 15 is 0 Å². The van der Waals surface area contributed by atoms with Gasteiger partial charge in [-0.1, -0.05) is 0 Å². The van der Waals surface area contributed by atoms with E-state index in [4.69, 9.17) is 5.11 Å². The molecule has 0 unspecified atom stereocenters. The Labute approximate surface area is 95.8 Å². The fraction of sp³-hybridized carbons (Fsp3) is 0.444.